The zero-order valence-electron chi connectivity index (χ0n) is 12.1. The van der Waals surface area contributed by atoms with Crippen molar-refractivity contribution < 1.29 is 15.0 Å². The van der Waals surface area contributed by atoms with Crippen LogP contribution in [0.5, 0.6) is 11.5 Å². The Morgan fingerprint density at radius 3 is 2.55 bits per heavy atom. The lowest BCUT2D eigenvalue weighted by Gasteiger charge is -2.04. The molecular weight excluding hydrogens is 280 g/mol. The van der Waals surface area contributed by atoms with Gasteiger partial charge in [-0.15, -0.1) is 0 Å². The van der Waals surface area contributed by atoms with Crippen LogP contribution in [-0.2, 0) is 12.8 Å². The van der Waals surface area contributed by atoms with Crippen molar-refractivity contribution in [2.75, 3.05) is 6.54 Å². The van der Waals surface area contributed by atoms with E-state index in [2.05, 4.69) is 10.3 Å². The van der Waals surface area contributed by atoms with Gasteiger partial charge >= 0.3 is 6.03 Å². The minimum Gasteiger partial charge on any atom is -0.504 e. The second-order valence-corrected chi connectivity index (χ2v) is 4.81. The van der Waals surface area contributed by atoms with Crippen LogP contribution in [0.25, 0.3) is 0 Å². The first-order valence-electron chi connectivity index (χ1n) is 7.00. The zero-order chi connectivity index (χ0) is 15.8. The number of hydrogen-bond donors (Lipinski definition) is 3. The van der Waals surface area contributed by atoms with Crippen LogP contribution in [0.15, 0.2) is 53.5 Å². The van der Waals surface area contributed by atoms with Crippen LogP contribution in [0, 0.1) is 0 Å². The minimum absolute atomic E-state index is 0.154. The van der Waals surface area contributed by atoms with Gasteiger partial charge in [-0.25, -0.2) is 9.79 Å². The summed E-state index contributed by atoms with van der Waals surface area (Å²) in [5.74, 6) is -0.317. The van der Waals surface area contributed by atoms with Gasteiger partial charge in [-0.2, -0.15) is 0 Å². The summed E-state index contributed by atoms with van der Waals surface area (Å²) in [5.41, 5.74) is 1.92. The maximum Gasteiger partial charge on any atom is 0.340 e. The van der Waals surface area contributed by atoms with Gasteiger partial charge in [-0.3, -0.25) is 0 Å². The van der Waals surface area contributed by atoms with Gasteiger partial charge in [-0.1, -0.05) is 36.4 Å². The van der Waals surface area contributed by atoms with E-state index in [1.54, 1.807) is 12.3 Å². The summed E-state index contributed by atoms with van der Waals surface area (Å²) in [5, 5.41) is 21.3. The van der Waals surface area contributed by atoms with Crippen molar-refractivity contribution in [3.05, 3.63) is 59.7 Å². The standard InChI is InChI=1S/C17H18N2O3/c20-15-7-6-14(12-16(15)21)9-11-19-17(22)18-10-8-13-4-2-1-3-5-13/h1-7,10,12,20-21H,8-9,11H2,(H,19,22). The molecule has 0 aliphatic carbocycles. The first kappa shape index (κ1) is 15.6. The third-order valence-electron chi connectivity index (χ3n) is 3.11. The quantitative estimate of drug-likeness (QED) is 0.586. The summed E-state index contributed by atoms with van der Waals surface area (Å²) in [4.78, 5) is 15.4. The van der Waals surface area contributed by atoms with E-state index in [0.717, 1.165) is 11.1 Å². The van der Waals surface area contributed by atoms with Crippen molar-refractivity contribution in [3.63, 3.8) is 0 Å². The molecule has 2 aromatic rings. The maximum absolute atomic E-state index is 11.5. The number of aliphatic imine (C=N–C) groups is 1. The average molecular weight is 298 g/mol. The van der Waals surface area contributed by atoms with Crippen LogP contribution in [0.3, 0.4) is 0 Å². The third-order valence-corrected chi connectivity index (χ3v) is 3.11. The molecule has 2 rings (SSSR count). The molecule has 22 heavy (non-hydrogen) atoms. The van der Waals surface area contributed by atoms with E-state index in [0.29, 0.717) is 19.4 Å². The smallest absolute Gasteiger partial charge is 0.340 e. The van der Waals surface area contributed by atoms with Crippen LogP contribution in [0.1, 0.15) is 11.1 Å². The number of aromatic hydroxyl groups is 2. The molecule has 2 amide bonds. The van der Waals surface area contributed by atoms with E-state index >= 15 is 0 Å². The van der Waals surface area contributed by atoms with Crippen LogP contribution in [0.4, 0.5) is 4.79 Å². The molecule has 0 radical (unpaired) electrons. The van der Waals surface area contributed by atoms with E-state index in [1.807, 2.05) is 30.3 Å². The highest BCUT2D eigenvalue weighted by Crippen LogP contribution is 2.24. The number of nitrogens with one attached hydrogen (secondary N) is 1. The van der Waals surface area contributed by atoms with Crippen molar-refractivity contribution in [2.45, 2.75) is 12.8 Å². The van der Waals surface area contributed by atoms with E-state index in [-0.39, 0.29) is 17.5 Å². The fourth-order valence-electron chi connectivity index (χ4n) is 1.93. The Balaban J connectivity index is 1.72. The first-order chi connectivity index (χ1) is 10.6. The molecule has 0 bridgehead atoms. The molecule has 0 saturated heterocycles. The van der Waals surface area contributed by atoms with Gasteiger partial charge < -0.3 is 15.5 Å². The van der Waals surface area contributed by atoms with Gasteiger partial charge in [0.15, 0.2) is 11.5 Å². The number of phenols is 2. The summed E-state index contributed by atoms with van der Waals surface area (Å²) in [7, 11) is 0. The fraction of sp³-hybridized carbons (Fsp3) is 0.176. The summed E-state index contributed by atoms with van der Waals surface area (Å²) in [6, 6.07) is 14.0. The summed E-state index contributed by atoms with van der Waals surface area (Å²) in [6.45, 7) is 0.408. The molecule has 5 nitrogen and oxygen atoms in total. The Hall–Kier alpha value is -2.82. The van der Waals surface area contributed by atoms with Crippen molar-refractivity contribution >= 4 is 12.2 Å². The lowest BCUT2D eigenvalue weighted by molar-refractivity contribution is 0.249. The molecule has 0 saturated carbocycles. The molecule has 0 heterocycles. The van der Waals surface area contributed by atoms with Gasteiger partial charge in [0.05, 0.1) is 0 Å². The number of nitrogens with zero attached hydrogens (tertiary/aromatic N) is 1. The monoisotopic (exact) mass is 298 g/mol. The number of benzene rings is 2. The molecule has 114 valence electrons. The Morgan fingerprint density at radius 1 is 1.05 bits per heavy atom. The summed E-state index contributed by atoms with van der Waals surface area (Å²) >= 11 is 0. The molecule has 0 fully saturated rings. The van der Waals surface area contributed by atoms with E-state index in [1.165, 1.54) is 12.1 Å². The Kier molecular flexibility index (Phi) is 5.54. The number of amides is 2. The van der Waals surface area contributed by atoms with Gasteiger partial charge in [0.2, 0.25) is 0 Å². The van der Waals surface area contributed by atoms with Crippen molar-refractivity contribution in [1.29, 1.82) is 0 Å². The molecule has 0 atom stereocenters. The number of carbonyl (C=O) groups is 1. The molecular formula is C17H18N2O3. The highest BCUT2D eigenvalue weighted by Gasteiger charge is 2.01. The fourth-order valence-corrected chi connectivity index (χ4v) is 1.93. The van der Waals surface area contributed by atoms with Crippen LogP contribution < -0.4 is 5.32 Å². The van der Waals surface area contributed by atoms with Gasteiger partial charge in [-0.05, 0) is 29.7 Å². The number of rotatable bonds is 5. The van der Waals surface area contributed by atoms with Crippen molar-refractivity contribution in [1.82, 2.24) is 5.32 Å². The number of urea groups is 1. The molecule has 0 spiro atoms. The molecule has 0 unspecified atom stereocenters. The van der Waals surface area contributed by atoms with Crippen molar-refractivity contribution in [2.24, 2.45) is 4.99 Å². The van der Waals surface area contributed by atoms with Gasteiger partial charge in [0, 0.05) is 19.2 Å². The Morgan fingerprint density at radius 2 is 1.82 bits per heavy atom. The largest absolute Gasteiger partial charge is 0.504 e. The SMILES string of the molecule is O=C(N=CCc1ccccc1)NCCc1ccc(O)c(O)c1. The highest BCUT2D eigenvalue weighted by atomic mass is 16.3. The second-order valence-electron chi connectivity index (χ2n) is 4.81. The lowest BCUT2D eigenvalue weighted by Crippen LogP contribution is -2.22. The molecule has 3 N–H and O–H groups in total. The molecule has 0 aliphatic heterocycles. The topological polar surface area (TPSA) is 81.9 Å². The van der Waals surface area contributed by atoms with E-state index in [9.17, 15) is 15.0 Å². The maximum atomic E-state index is 11.5. The summed E-state index contributed by atoms with van der Waals surface area (Å²) in [6.07, 6.45) is 2.74. The molecule has 5 heteroatoms. The van der Waals surface area contributed by atoms with E-state index in [4.69, 9.17) is 0 Å². The number of carbonyl (C=O) groups excluding carboxylic acids is 1. The van der Waals surface area contributed by atoms with Crippen LogP contribution >= 0.6 is 0 Å². The third kappa shape index (κ3) is 4.94. The summed E-state index contributed by atoms with van der Waals surface area (Å²) < 4.78 is 0. The number of phenolic OH excluding ortho intramolecular Hbond substituents is 2. The Bertz CT molecular complexity index is 654. The van der Waals surface area contributed by atoms with Crippen molar-refractivity contribution in [3.8, 4) is 11.5 Å². The minimum atomic E-state index is -0.390. The predicted octanol–water partition coefficient (Wildman–Crippen LogP) is 2.66. The van der Waals surface area contributed by atoms with Gasteiger partial charge in [0.25, 0.3) is 0 Å². The van der Waals surface area contributed by atoms with Crippen LogP contribution in [-0.4, -0.2) is 29.0 Å². The first-order valence-corrected chi connectivity index (χ1v) is 7.00. The molecule has 0 aromatic heterocycles. The highest BCUT2D eigenvalue weighted by molar-refractivity contribution is 5.84. The Labute approximate surface area is 129 Å². The predicted molar refractivity (Wildman–Crippen MR) is 85.5 cm³/mol. The lowest BCUT2D eigenvalue weighted by atomic mass is 10.1. The van der Waals surface area contributed by atoms with Gasteiger partial charge in [0.1, 0.15) is 0 Å². The normalized spacial score (nSPS) is 10.7. The second kappa shape index (κ2) is 7.83. The van der Waals surface area contributed by atoms with Crippen LogP contribution in [0.2, 0.25) is 0 Å². The molecule has 2 aromatic carbocycles. The average Bonchev–Trinajstić information content (AvgIpc) is 2.52. The van der Waals surface area contributed by atoms with E-state index < -0.39 is 0 Å². The molecule has 0 aliphatic rings. The number of hydrogen-bond acceptors (Lipinski definition) is 3. The zero-order valence-corrected chi connectivity index (χ0v) is 12.1.